The molecule has 0 aliphatic heterocycles. The Labute approximate surface area is 179 Å². The zero-order valence-electron chi connectivity index (χ0n) is 16.7. The molecule has 0 saturated carbocycles. The molecule has 156 valence electrons. The topological polar surface area (TPSA) is 82.5 Å². The average molecular weight is 428 g/mol. The monoisotopic (exact) mass is 427 g/mol. The Morgan fingerprint density at radius 1 is 1.10 bits per heavy atom. The minimum Gasteiger partial charge on any atom is -0.497 e. The van der Waals surface area contributed by atoms with E-state index < -0.39 is 0 Å². The molecule has 2 aromatic carbocycles. The fourth-order valence-electron chi connectivity index (χ4n) is 2.90. The molecule has 1 N–H and O–H groups in total. The van der Waals surface area contributed by atoms with E-state index in [9.17, 15) is 9.59 Å². The number of aromatic nitrogens is 2. The van der Waals surface area contributed by atoms with E-state index in [2.05, 4.69) is 10.4 Å². The molecule has 3 rings (SSSR count). The minimum absolute atomic E-state index is 0.115. The second kappa shape index (κ2) is 9.93. The predicted octanol–water partition coefficient (Wildman–Crippen LogP) is 3.29. The fourth-order valence-corrected chi connectivity index (χ4v) is 3.09. The second-order valence-electron chi connectivity index (χ2n) is 6.49. The molecule has 0 radical (unpaired) electrons. The van der Waals surface area contributed by atoms with E-state index in [0.717, 1.165) is 11.1 Å². The van der Waals surface area contributed by atoms with E-state index >= 15 is 0 Å². The minimum atomic E-state index is -0.273. The van der Waals surface area contributed by atoms with Gasteiger partial charge in [-0.05, 0) is 30.3 Å². The van der Waals surface area contributed by atoms with Gasteiger partial charge in [0.05, 0.1) is 26.5 Å². The lowest BCUT2D eigenvalue weighted by molar-refractivity contribution is -0.121. The van der Waals surface area contributed by atoms with Gasteiger partial charge >= 0.3 is 0 Å². The molecule has 1 heterocycles. The normalized spacial score (nSPS) is 10.5. The zero-order valence-corrected chi connectivity index (χ0v) is 17.5. The highest BCUT2D eigenvalue weighted by Crippen LogP contribution is 2.24. The lowest BCUT2D eigenvalue weighted by atomic mass is 10.1. The molecule has 0 aliphatic carbocycles. The van der Waals surface area contributed by atoms with Crippen LogP contribution in [0.2, 0.25) is 5.02 Å². The van der Waals surface area contributed by atoms with Crippen molar-refractivity contribution in [3.05, 3.63) is 75.5 Å². The first-order chi connectivity index (χ1) is 14.5. The van der Waals surface area contributed by atoms with Gasteiger partial charge in [0.1, 0.15) is 11.5 Å². The Bertz CT molecular complexity index is 1100. The molecular weight excluding hydrogens is 406 g/mol. The predicted molar refractivity (Wildman–Crippen MR) is 115 cm³/mol. The van der Waals surface area contributed by atoms with Crippen LogP contribution in [0.1, 0.15) is 12.0 Å². The van der Waals surface area contributed by atoms with E-state index in [0.29, 0.717) is 28.8 Å². The summed E-state index contributed by atoms with van der Waals surface area (Å²) in [5.74, 6) is 1.10. The molecule has 0 bridgehead atoms. The average Bonchev–Trinajstić information content (AvgIpc) is 2.77. The molecule has 7 nitrogen and oxygen atoms in total. The van der Waals surface area contributed by atoms with Gasteiger partial charge in [-0.1, -0.05) is 23.7 Å². The molecular formula is C22H22ClN3O4. The zero-order chi connectivity index (χ0) is 21.5. The third-order valence-corrected chi connectivity index (χ3v) is 4.74. The number of rotatable bonds is 8. The number of ether oxygens (including phenoxy) is 2. The van der Waals surface area contributed by atoms with Gasteiger partial charge < -0.3 is 14.8 Å². The van der Waals surface area contributed by atoms with Crippen molar-refractivity contribution in [2.24, 2.45) is 0 Å². The number of carbonyl (C=O) groups excluding carboxylic acids is 1. The third kappa shape index (κ3) is 5.39. The van der Waals surface area contributed by atoms with Crippen molar-refractivity contribution in [3.63, 3.8) is 0 Å². The number of hydrogen-bond donors (Lipinski definition) is 1. The van der Waals surface area contributed by atoms with Crippen LogP contribution in [0.15, 0.2) is 59.4 Å². The van der Waals surface area contributed by atoms with Gasteiger partial charge in [0.15, 0.2) is 0 Å². The number of aryl methyl sites for hydroxylation is 1. The highest BCUT2D eigenvalue weighted by molar-refractivity contribution is 6.30. The SMILES string of the molecule is COc1ccc(CNC(=O)CCn2nc(-c3cccc(Cl)c3)ccc2=O)c(OC)c1. The van der Waals surface area contributed by atoms with Crippen LogP contribution in [0.3, 0.4) is 0 Å². The molecule has 1 amide bonds. The summed E-state index contributed by atoms with van der Waals surface area (Å²) in [5, 5.41) is 7.77. The first-order valence-corrected chi connectivity index (χ1v) is 9.69. The Balaban J connectivity index is 1.62. The molecule has 0 saturated heterocycles. The van der Waals surface area contributed by atoms with Crippen LogP contribution < -0.4 is 20.3 Å². The van der Waals surface area contributed by atoms with Crippen molar-refractivity contribution in [2.45, 2.75) is 19.5 Å². The molecule has 1 aromatic heterocycles. The second-order valence-corrected chi connectivity index (χ2v) is 6.93. The van der Waals surface area contributed by atoms with Crippen molar-refractivity contribution in [1.29, 1.82) is 0 Å². The summed E-state index contributed by atoms with van der Waals surface area (Å²) in [7, 11) is 3.14. The third-order valence-electron chi connectivity index (χ3n) is 4.51. The lowest BCUT2D eigenvalue weighted by Crippen LogP contribution is -2.28. The molecule has 30 heavy (non-hydrogen) atoms. The maximum absolute atomic E-state index is 12.3. The van der Waals surface area contributed by atoms with Crippen LogP contribution >= 0.6 is 11.6 Å². The van der Waals surface area contributed by atoms with Gasteiger partial charge in [0, 0.05) is 41.2 Å². The number of nitrogens with zero attached hydrogens (tertiary/aromatic N) is 2. The number of amides is 1. The quantitative estimate of drug-likeness (QED) is 0.596. The van der Waals surface area contributed by atoms with Crippen LogP contribution in [0.5, 0.6) is 11.5 Å². The summed E-state index contributed by atoms with van der Waals surface area (Å²) >= 11 is 6.03. The van der Waals surface area contributed by atoms with E-state index in [1.807, 2.05) is 18.2 Å². The Kier molecular flexibility index (Phi) is 7.08. The summed E-state index contributed by atoms with van der Waals surface area (Å²) in [6, 6.07) is 15.7. The van der Waals surface area contributed by atoms with Crippen LogP contribution in [0.25, 0.3) is 11.3 Å². The molecule has 0 aliphatic rings. The van der Waals surface area contributed by atoms with Crippen LogP contribution in [-0.2, 0) is 17.9 Å². The van der Waals surface area contributed by atoms with Crippen LogP contribution in [-0.4, -0.2) is 29.9 Å². The van der Waals surface area contributed by atoms with Crippen molar-refractivity contribution < 1.29 is 14.3 Å². The van der Waals surface area contributed by atoms with Gasteiger partial charge in [0.25, 0.3) is 5.56 Å². The Morgan fingerprint density at radius 2 is 1.93 bits per heavy atom. The summed E-state index contributed by atoms with van der Waals surface area (Å²) in [5.41, 5.74) is 1.96. The highest BCUT2D eigenvalue weighted by Gasteiger charge is 2.09. The van der Waals surface area contributed by atoms with Crippen molar-refractivity contribution >= 4 is 17.5 Å². The van der Waals surface area contributed by atoms with Gasteiger partial charge in [-0.2, -0.15) is 5.10 Å². The van der Waals surface area contributed by atoms with E-state index in [-0.39, 0.29) is 24.4 Å². The Hall–Kier alpha value is -3.32. The molecule has 3 aromatic rings. The van der Waals surface area contributed by atoms with E-state index in [1.54, 1.807) is 44.6 Å². The fraction of sp³-hybridized carbons (Fsp3) is 0.227. The molecule has 0 unspecified atom stereocenters. The summed E-state index contributed by atoms with van der Waals surface area (Å²) in [6.45, 7) is 0.468. The number of carbonyl (C=O) groups is 1. The number of benzene rings is 2. The first-order valence-electron chi connectivity index (χ1n) is 9.32. The van der Waals surface area contributed by atoms with E-state index in [1.165, 1.54) is 10.7 Å². The van der Waals surface area contributed by atoms with Gasteiger partial charge in [-0.15, -0.1) is 0 Å². The van der Waals surface area contributed by atoms with Crippen molar-refractivity contribution in [3.8, 4) is 22.8 Å². The van der Waals surface area contributed by atoms with E-state index in [4.69, 9.17) is 21.1 Å². The molecule has 8 heteroatoms. The first kappa shape index (κ1) is 21.4. The van der Waals surface area contributed by atoms with Crippen molar-refractivity contribution in [2.75, 3.05) is 14.2 Å². The molecule has 0 atom stereocenters. The van der Waals surface area contributed by atoms with Gasteiger partial charge in [0.2, 0.25) is 5.91 Å². The molecule has 0 fully saturated rings. The largest absolute Gasteiger partial charge is 0.497 e. The van der Waals surface area contributed by atoms with Crippen LogP contribution in [0, 0.1) is 0 Å². The number of hydrogen-bond acceptors (Lipinski definition) is 5. The van der Waals surface area contributed by atoms with Gasteiger partial charge in [-0.25, -0.2) is 4.68 Å². The smallest absolute Gasteiger partial charge is 0.266 e. The standard InChI is InChI=1S/C22H22ClN3O4/c1-29-18-7-6-16(20(13-18)30-2)14-24-21(27)10-11-26-22(28)9-8-19(25-26)15-4-3-5-17(23)12-15/h3-9,12-13H,10-11,14H2,1-2H3,(H,24,27). The van der Waals surface area contributed by atoms with Crippen LogP contribution in [0.4, 0.5) is 0 Å². The summed E-state index contributed by atoms with van der Waals surface area (Å²) < 4.78 is 11.8. The summed E-state index contributed by atoms with van der Waals surface area (Å²) in [4.78, 5) is 24.4. The molecule has 0 spiro atoms. The highest BCUT2D eigenvalue weighted by atomic mass is 35.5. The Morgan fingerprint density at radius 3 is 2.67 bits per heavy atom. The number of nitrogens with one attached hydrogen (secondary N) is 1. The maximum atomic E-state index is 12.3. The number of halogens is 1. The van der Waals surface area contributed by atoms with Gasteiger partial charge in [-0.3, -0.25) is 9.59 Å². The summed E-state index contributed by atoms with van der Waals surface area (Å²) in [6.07, 6.45) is 0.115. The lowest BCUT2D eigenvalue weighted by Gasteiger charge is -2.12. The number of methoxy groups -OCH3 is 2. The maximum Gasteiger partial charge on any atom is 0.266 e. The van der Waals surface area contributed by atoms with Crippen molar-refractivity contribution in [1.82, 2.24) is 15.1 Å².